The van der Waals surface area contributed by atoms with Gasteiger partial charge in [0, 0.05) is 32.8 Å². The summed E-state index contributed by atoms with van der Waals surface area (Å²) in [6.07, 6.45) is 2.20. The van der Waals surface area contributed by atoms with Crippen LogP contribution in [0.15, 0.2) is 0 Å². The number of hydrogen-bond donors (Lipinski definition) is 1. The normalized spacial score (nSPS) is 17.1. The molecular formula is C13H23N3O2. The number of nitrogens with one attached hydrogen (secondary N) is 1. The second-order valence-electron chi connectivity index (χ2n) is 4.81. The van der Waals surface area contributed by atoms with Gasteiger partial charge in [-0.15, -0.1) is 0 Å². The maximum Gasteiger partial charge on any atom is 0.163 e. The summed E-state index contributed by atoms with van der Waals surface area (Å²) in [7, 11) is 1.94. The van der Waals surface area contributed by atoms with Gasteiger partial charge < -0.3 is 14.8 Å². The van der Waals surface area contributed by atoms with Crippen molar-refractivity contribution in [2.24, 2.45) is 7.05 Å². The van der Waals surface area contributed by atoms with E-state index in [0.29, 0.717) is 12.6 Å². The van der Waals surface area contributed by atoms with Crippen LogP contribution in [0.5, 0.6) is 5.75 Å². The van der Waals surface area contributed by atoms with Gasteiger partial charge in [-0.1, -0.05) is 0 Å². The van der Waals surface area contributed by atoms with Crippen LogP contribution in [0.25, 0.3) is 0 Å². The molecule has 1 fully saturated rings. The Morgan fingerprint density at radius 3 is 2.72 bits per heavy atom. The number of aromatic nitrogens is 2. The van der Waals surface area contributed by atoms with Crippen molar-refractivity contribution in [1.82, 2.24) is 15.1 Å². The highest BCUT2D eigenvalue weighted by molar-refractivity contribution is 5.31. The lowest BCUT2D eigenvalue weighted by molar-refractivity contribution is 0.0770. The smallest absolute Gasteiger partial charge is 0.163 e. The topological polar surface area (TPSA) is 48.3 Å². The summed E-state index contributed by atoms with van der Waals surface area (Å²) in [5, 5.41) is 7.84. The Morgan fingerprint density at radius 1 is 1.39 bits per heavy atom. The molecule has 1 N–H and O–H groups in total. The van der Waals surface area contributed by atoms with Crippen LogP contribution in [0.1, 0.15) is 24.2 Å². The highest BCUT2D eigenvalue weighted by atomic mass is 16.5. The van der Waals surface area contributed by atoms with Crippen LogP contribution in [-0.2, 0) is 11.8 Å². The molecule has 18 heavy (non-hydrogen) atoms. The zero-order chi connectivity index (χ0) is 13.0. The van der Waals surface area contributed by atoms with Gasteiger partial charge in [0.2, 0.25) is 0 Å². The molecule has 1 aliphatic heterocycles. The molecule has 1 aliphatic rings. The fraction of sp³-hybridized carbons (Fsp3) is 0.769. The molecule has 0 radical (unpaired) electrons. The summed E-state index contributed by atoms with van der Waals surface area (Å²) in [6, 6.07) is 0.582. The van der Waals surface area contributed by atoms with E-state index in [9.17, 15) is 0 Å². The number of ether oxygens (including phenoxy) is 2. The molecule has 1 aromatic heterocycles. The third-order valence-corrected chi connectivity index (χ3v) is 3.45. The van der Waals surface area contributed by atoms with Gasteiger partial charge in [0.1, 0.15) is 12.3 Å². The van der Waals surface area contributed by atoms with E-state index in [2.05, 4.69) is 10.4 Å². The summed E-state index contributed by atoms with van der Waals surface area (Å²) >= 11 is 0. The maximum absolute atomic E-state index is 5.80. The van der Waals surface area contributed by atoms with Crippen LogP contribution >= 0.6 is 0 Å². The van der Waals surface area contributed by atoms with Crippen molar-refractivity contribution in [2.45, 2.75) is 32.7 Å². The molecule has 5 nitrogen and oxygen atoms in total. The highest BCUT2D eigenvalue weighted by Gasteiger charge is 2.13. The molecule has 2 rings (SSSR count). The van der Waals surface area contributed by atoms with Crippen molar-refractivity contribution >= 4 is 0 Å². The summed E-state index contributed by atoms with van der Waals surface area (Å²) in [4.78, 5) is 0. The molecule has 1 aromatic rings. The van der Waals surface area contributed by atoms with Gasteiger partial charge in [0.15, 0.2) is 5.75 Å². The van der Waals surface area contributed by atoms with Crippen LogP contribution in [-0.4, -0.2) is 42.2 Å². The highest BCUT2D eigenvalue weighted by Crippen LogP contribution is 2.20. The molecule has 1 saturated heterocycles. The predicted octanol–water partition coefficient (Wildman–Crippen LogP) is 1.18. The van der Waals surface area contributed by atoms with Crippen LogP contribution in [0.2, 0.25) is 0 Å². The van der Waals surface area contributed by atoms with E-state index in [0.717, 1.165) is 49.7 Å². The molecule has 0 aromatic carbocycles. The average Bonchev–Trinajstić information content (AvgIpc) is 2.61. The Balaban J connectivity index is 1.71. The molecule has 0 aliphatic carbocycles. The quantitative estimate of drug-likeness (QED) is 0.801. The zero-order valence-corrected chi connectivity index (χ0v) is 11.5. The molecule has 0 unspecified atom stereocenters. The van der Waals surface area contributed by atoms with E-state index in [-0.39, 0.29) is 0 Å². The number of rotatable bonds is 5. The zero-order valence-electron chi connectivity index (χ0n) is 11.5. The molecule has 0 atom stereocenters. The largest absolute Gasteiger partial charge is 0.488 e. The standard InChI is InChI=1S/C13H23N3O2/c1-10-13(11(2)16(3)15-10)18-9-6-14-12-4-7-17-8-5-12/h12,14H,4-9H2,1-3H3. The van der Waals surface area contributed by atoms with Crippen molar-refractivity contribution in [3.8, 4) is 5.75 Å². The third kappa shape index (κ3) is 3.23. The maximum atomic E-state index is 5.80. The van der Waals surface area contributed by atoms with E-state index < -0.39 is 0 Å². The summed E-state index contributed by atoms with van der Waals surface area (Å²) < 4.78 is 13.0. The Kier molecular flexibility index (Phi) is 4.60. The predicted molar refractivity (Wildman–Crippen MR) is 70.0 cm³/mol. The number of aryl methyl sites for hydroxylation is 2. The fourth-order valence-corrected chi connectivity index (χ4v) is 2.28. The third-order valence-electron chi connectivity index (χ3n) is 3.45. The fourth-order valence-electron chi connectivity index (χ4n) is 2.28. The molecule has 5 heteroatoms. The van der Waals surface area contributed by atoms with Gasteiger partial charge >= 0.3 is 0 Å². The van der Waals surface area contributed by atoms with E-state index >= 15 is 0 Å². The van der Waals surface area contributed by atoms with Crippen molar-refractivity contribution in [2.75, 3.05) is 26.4 Å². The molecule has 0 spiro atoms. The Labute approximate surface area is 108 Å². The van der Waals surface area contributed by atoms with Crippen LogP contribution in [0, 0.1) is 13.8 Å². The van der Waals surface area contributed by atoms with Crippen molar-refractivity contribution in [3.63, 3.8) is 0 Å². The molecule has 0 amide bonds. The molecular weight excluding hydrogens is 230 g/mol. The second kappa shape index (κ2) is 6.20. The Bertz CT molecular complexity index is 384. The average molecular weight is 253 g/mol. The van der Waals surface area contributed by atoms with Gasteiger partial charge in [-0.2, -0.15) is 5.10 Å². The molecule has 2 heterocycles. The summed E-state index contributed by atoms with van der Waals surface area (Å²) in [5.74, 6) is 0.922. The lowest BCUT2D eigenvalue weighted by Crippen LogP contribution is -2.37. The first-order valence-electron chi connectivity index (χ1n) is 6.62. The second-order valence-corrected chi connectivity index (χ2v) is 4.81. The van der Waals surface area contributed by atoms with Gasteiger partial charge in [0.05, 0.1) is 5.69 Å². The van der Waals surface area contributed by atoms with E-state index in [1.54, 1.807) is 0 Å². The minimum atomic E-state index is 0.582. The van der Waals surface area contributed by atoms with E-state index in [1.165, 1.54) is 0 Å². The SMILES string of the molecule is Cc1nn(C)c(C)c1OCCNC1CCOCC1. The first-order valence-corrected chi connectivity index (χ1v) is 6.62. The Hall–Kier alpha value is -1.07. The van der Waals surface area contributed by atoms with Crippen molar-refractivity contribution in [1.29, 1.82) is 0 Å². The van der Waals surface area contributed by atoms with E-state index in [1.807, 2.05) is 25.6 Å². The van der Waals surface area contributed by atoms with Crippen LogP contribution in [0.3, 0.4) is 0 Å². The van der Waals surface area contributed by atoms with Gasteiger partial charge in [-0.05, 0) is 26.7 Å². The Morgan fingerprint density at radius 2 is 2.11 bits per heavy atom. The van der Waals surface area contributed by atoms with Crippen LogP contribution in [0.4, 0.5) is 0 Å². The van der Waals surface area contributed by atoms with Crippen molar-refractivity contribution < 1.29 is 9.47 Å². The molecule has 0 bridgehead atoms. The lowest BCUT2D eigenvalue weighted by atomic mass is 10.1. The van der Waals surface area contributed by atoms with Crippen LogP contribution < -0.4 is 10.1 Å². The lowest BCUT2D eigenvalue weighted by Gasteiger charge is -2.23. The van der Waals surface area contributed by atoms with Gasteiger partial charge in [-0.25, -0.2) is 0 Å². The number of hydrogen-bond acceptors (Lipinski definition) is 4. The molecule has 102 valence electrons. The summed E-state index contributed by atoms with van der Waals surface area (Å²) in [6.45, 7) is 7.32. The monoisotopic (exact) mass is 253 g/mol. The molecule has 0 saturated carbocycles. The minimum Gasteiger partial charge on any atom is -0.488 e. The van der Waals surface area contributed by atoms with Crippen molar-refractivity contribution in [3.05, 3.63) is 11.4 Å². The first kappa shape index (κ1) is 13.4. The first-order chi connectivity index (χ1) is 8.68. The minimum absolute atomic E-state index is 0.582. The summed E-state index contributed by atoms with van der Waals surface area (Å²) in [5.41, 5.74) is 2.04. The van der Waals surface area contributed by atoms with Gasteiger partial charge in [0.25, 0.3) is 0 Å². The number of nitrogens with zero attached hydrogens (tertiary/aromatic N) is 2. The van der Waals surface area contributed by atoms with Gasteiger partial charge in [-0.3, -0.25) is 4.68 Å². The van der Waals surface area contributed by atoms with E-state index in [4.69, 9.17) is 9.47 Å².